The number of rotatable bonds is 1. The molecule has 0 atom stereocenters. The molecule has 96 valence electrons. The number of benzene rings is 1. The van der Waals surface area contributed by atoms with Crippen molar-refractivity contribution in [2.75, 3.05) is 0 Å². The summed E-state index contributed by atoms with van der Waals surface area (Å²) in [7, 11) is 0. The van der Waals surface area contributed by atoms with Gasteiger partial charge in [-0.3, -0.25) is 4.68 Å². The molecule has 0 aliphatic heterocycles. The predicted octanol–water partition coefficient (Wildman–Crippen LogP) is 4.98. The van der Waals surface area contributed by atoms with Crippen molar-refractivity contribution in [2.24, 2.45) is 0 Å². The van der Waals surface area contributed by atoms with E-state index < -0.39 is 0 Å². The van der Waals surface area contributed by atoms with Crippen LogP contribution in [0.3, 0.4) is 0 Å². The van der Waals surface area contributed by atoms with Crippen LogP contribution >= 0.6 is 0 Å². The van der Waals surface area contributed by atoms with E-state index in [2.05, 4.69) is 50.3 Å². The highest BCUT2D eigenvalue weighted by atomic mass is 15.3. The van der Waals surface area contributed by atoms with Crippen molar-refractivity contribution in [3.63, 3.8) is 0 Å². The third kappa shape index (κ3) is 4.22. The van der Waals surface area contributed by atoms with E-state index in [0.717, 1.165) is 5.52 Å². The second-order valence-corrected chi connectivity index (χ2v) is 3.77. The molecule has 0 aliphatic carbocycles. The summed E-state index contributed by atoms with van der Waals surface area (Å²) in [5.41, 5.74) is 2.37. The fraction of sp³-hybridized carbons (Fsp3) is 0.533. The first kappa shape index (κ1) is 15.7. The van der Waals surface area contributed by atoms with Crippen molar-refractivity contribution in [1.29, 1.82) is 0 Å². The topological polar surface area (TPSA) is 17.8 Å². The molecule has 0 saturated carbocycles. The SMILES string of the molecule is CC.CC.Cc1ccc2nn(C(C)C)cc2c1. The first-order valence-electron chi connectivity index (χ1n) is 6.62. The summed E-state index contributed by atoms with van der Waals surface area (Å²) >= 11 is 0. The van der Waals surface area contributed by atoms with Crippen molar-refractivity contribution in [1.82, 2.24) is 9.78 Å². The van der Waals surface area contributed by atoms with Crippen LogP contribution in [0.4, 0.5) is 0 Å². The zero-order chi connectivity index (χ0) is 13.4. The van der Waals surface area contributed by atoms with Gasteiger partial charge in [-0.1, -0.05) is 39.3 Å². The summed E-state index contributed by atoms with van der Waals surface area (Å²) in [5, 5.41) is 5.70. The van der Waals surface area contributed by atoms with E-state index >= 15 is 0 Å². The molecule has 0 radical (unpaired) electrons. The average molecular weight is 234 g/mol. The third-order valence-electron chi connectivity index (χ3n) is 2.21. The number of hydrogen-bond donors (Lipinski definition) is 0. The Morgan fingerprint density at radius 1 is 1.06 bits per heavy atom. The molecular formula is C15H26N2. The molecule has 1 aromatic heterocycles. The minimum absolute atomic E-state index is 0.438. The van der Waals surface area contributed by atoms with Gasteiger partial charge >= 0.3 is 0 Å². The summed E-state index contributed by atoms with van der Waals surface area (Å²) in [5.74, 6) is 0. The standard InChI is InChI=1S/C11H14N2.2C2H6/c1-8(2)13-7-10-6-9(3)4-5-11(10)12-13;2*1-2/h4-8H,1-3H3;2*1-2H3. The molecule has 0 unspecified atom stereocenters. The van der Waals surface area contributed by atoms with Crippen LogP contribution in [0.5, 0.6) is 0 Å². The number of aryl methyl sites for hydroxylation is 1. The van der Waals surface area contributed by atoms with Crippen LogP contribution in [0.1, 0.15) is 53.1 Å². The maximum atomic E-state index is 4.47. The molecule has 17 heavy (non-hydrogen) atoms. The van der Waals surface area contributed by atoms with E-state index in [-0.39, 0.29) is 0 Å². The molecule has 1 aromatic carbocycles. The van der Waals surface area contributed by atoms with Gasteiger partial charge in [0, 0.05) is 17.6 Å². The lowest BCUT2D eigenvalue weighted by Crippen LogP contribution is -1.99. The lowest BCUT2D eigenvalue weighted by atomic mass is 10.2. The molecule has 2 nitrogen and oxygen atoms in total. The van der Waals surface area contributed by atoms with Gasteiger partial charge in [-0.05, 0) is 32.9 Å². The van der Waals surface area contributed by atoms with Crippen molar-refractivity contribution in [3.8, 4) is 0 Å². The largest absolute Gasteiger partial charge is 0.269 e. The van der Waals surface area contributed by atoms with E-state index in [1.807, 2.05) is 32.4 Å². The van der Waals surface area contributed by atoms with Crippen molar-refractivity contribution >= 4 is 10.9 Å². The van der Waals surface area contributed by atoms with Crippen molar-refractivity contribution in [2.45, 2.75) is 54.5 Å². The summed E-state index contributed by atoms with van der Waals surface area (Å²) < 4.78 is 2.00. The Labute approximate surface area is 106 Å². The van der Waals surface area contributed by atoms with Crippen LogP contribution in [0.25, 0.3) is 10.9 Å². The minimum Gasteiger partial charge on any atom is -0.269 e. The van der Waals surface area contributed by atoms with E-state index in [1.165, 1.54) is 10.9 Å². The van der Waals surface area contributed by atoms with E-state index in [4.69, 9.17) is 0 Å². The molecule has 2 rings (SSSR count). The Kier molecular flexibility index (Phi) is 7.27. The van der Waals surface area contributed by atoms with Gasteiger partial charge in [0.25, 0.3) is 0 Å². The quantitative estimate of drug-likeness (QED) is 0.680. The van der Waals surface area contributed by atoms with Gasteiger partial charge in [0.1, 0.15) is 0 Å². The summed E-state index contributed by atoms with van der Waals surface area (Å²) in [4.78, 5) is 0. The van der Waals surface area contributed by atoms with Gasteiger partial charge in [0.2, 0.25) is 0 Å². The normalized spacial score (nSPS) is 9.41. The van der Waals surface area contributed by atoms with Crippen molar-refractivity contribution in [3.05, 3.63) is 30.0 Å². The summed E-state index contributed by atoms with van der Waals surface area (Å²) in [6, 6.07) is 6.78. The Balaban J connectivity index is 0.000000581. The molecular weight excluding hydrogens is 208 g/mol. The highest BCUT2D eigenvalue weighted by molar-refractivity contribution is 5.78. The van der Waals surface area contributed by atoms with E-state index in [0.29, 0.717) is 6.04 Å². The minimum atomic E-state index is 0.438. The molecule has 1 heterocycles. The predicted molar refractivity (Wildman–Crippen MR) is 77.6 cm³/mol. The number of fused-ring (bicyclic) bond motifs is 1. The molecule has 2 aromatic rings. The van der Waals surface area contributed by atoms with Gasteiger partial charge in [-0.2, -0.15) is 5.10 Å². The highest BCUT2D eigenvalue weighted by Gasteiger charge is 2.02. The zero-order valence-electron chi connectivity index (χ0n) is 12.3. The Bertz CT molecular complexity index is 427. The maximum Gasteiger partial charge on any atom is 0.0923 e. The van der Waals surface area contributed by atoms with Crippen LogP contribution in [0, 0.1) is 6.92 Å². The fourth-order valence-corrected chi connectivity index (χ4v) is 1.43. The molecule has 2 heteroatoms. The molecule has 0 aliphatic rings. The maximum absolute atomic E-state index is 4.47. The molecule has 0 amide bonds. The second kappa shape index (κ2) is 7.88. The van der Waals surface area contributed by atoms with Crippen LogP contribution in [0.15, 0.2) is 24.4 Å². The van der Waals surface area contributed by atoms with Gasteiger partial charge in [0.05, 0.1) is 5.52 Å². The monoisotopic (exact) mass is 234 g/mol. The Morgan fingerprint density at radius 2 is 1.65 bits per heavy atom. The molecule has 0 bridgehead atoms. The van der Waals surface area contributed by atoms with E-state index in [9.17, 15) is 0 Å². The van der Waals surface area contributed by atoms with Crippen LogP contribution in [-0.4, -0.2) is 9.78 Å². The van der Waals surface area contributed by atoms with Gasteiger partial charge < -0.3 is 0 Å². The molecule has 0 fully saturated rings. The number of aromatic nitrogens is 2. The lowest BCUT2D eigenvalue weighted by Gasteiger charge is -2.02. The Hall–Kier alpha value is -1.31. The average Bonchev–Trinajstić information content (AvgIpc) is 2.77. The van der Waals surface area contributed by atoms with E-state index in [1.54, 1.807) is 0 Å². The van der Waals surface area contributed by atoms with Gasteiger partial charge in [-0.15, -0.1) is 0 Å². The van der Waals surface area contributed by atoms with Crippen LogP contribution in [-0.2, 0) is 0 Å². The lowest BCUT2D eigenvalue weighted by molar-refractivity contribution is 0.537. The Morgan fingerprint density at radius 3 is 2.18 bits per heavy atom. The third-order valence-corrected chi connectivity index (χ3v) is 2.21. The van der Waals surface area contributed by atoms with Crippen molar-refractivity contribution < 1.29 is 0 Å². The molecule has 0 saturated heterocycles. The molecule has 0 N–H and O–H groups in total. The van der Waals surface area contributed by atoms with Gasteiger partial charge in [0.15, 0.2) is 0 Å². The van der Waals surface area contributed by atoms with Gasteiger partial charge in [-0.25, -0.2) is 0 Å². The second-order valence-electron chi connectivity index (χ2n) is 3.77. The number of nitrogens with zero attached hydrogens (tertiary/aromatic N) is 2. The first-order chi connectivity index (χ1) is 8.16. The smallest absolute Gasteiger partial charge is 0.0923 e. The fourth-order valence-electron chi connectivity index (χ4n) is 1.43. The molecule has 0 spiro atoms. The van der Waals surface area contributed by atoms with Crippen LogP contribution < -0.4 is 0 Å². The first-order valence-corrected chi connectivity index (χ1v) is 6.62. The highest BCUT2D eigenvalue weighted by Crippen LogP contribution is 2.16. The van der Waals surface area contributed by atoms with Crippen LogP contribution in [0.2, 0.25) is 0 Å². The summed E-state index contributed by atoms with van der Waals surface area (Å²) in [6.45, 7) is 14.4. The zero-order valence-corrected chi connectivity index (χ0v) is 12.3. The summed E-state index contributed by atoms with van der Waals surface area (Å²) in [6.07, 6.45) is 2.10. The number of hydrogen-bond acceptors (Lipinski definition) is 1.